The van der Waals surface area contributed by atoms with E-state index in [4.69, 9.17) is 20.3 Å². The van der Waals surface area contributed by atoms with Crippen molar-refractivity contribution in [3.63, 3.8) is 0 Å². The van der Waals surface area contributed by atoms with Crippen molar-refractivity contribution < 1.29 is 24.2 Å². The zero-order valence-electron chi connectivity index (χ0n) is 23.8. The number of carboxylic acid groups (broad SMARTS) is 1. The Hall–Kier alpha value is -3.12. The normalized spacial score (nSPS) is 14.5. The second kappa shape index (κ2) is 15.0. The number of benzene rings is 2. The summed E-state index contributed by atoms with van der Waals surface area (Å²) in [5.74, 6) is -0.616. The van der Waals surface area contributed by atoms with E-state index in [1.54, 1.807) is 18.2 Å². The summed E-state index contributed by atoms with van der Waals surface area (Å²) >= 11 is 0. The van der Waals surface area contributed by atoms with Gasteiger partial charge in [0.25, 0.3) is 0 Å². The van der Waals surface area contributed by atoms with Gasteiger partial charge >= 0.3 is 11.9 Å². The number of halogens is 1. The fraction of sp³-hybridized carbons (Fsp3) is 0.516. The number of aliphatic carboxylic acids is 1. The summed E-state index contributed by atoms with van der Waals surface area (Å²) in [4.78, 5) is 23.7. The van der Waals surface area contributed by atoms with Crippen LogP contribution >= 0.6 is 12.4 Å². The zero-order valence-corrected chi connectivity index (χ0v) is 24.6. The van der Waals surface area contributed by atoms with E-state index >= 15 is 0 Å². The second-order valence-electron chi connectivity index (χ2n) is 11.5. The van der Waals surface area contributed by atoms with Crippen LogP contribution in [0.15, 0.2) is 42.5 Å². The van der Waals surface area contributed by atoms with Gasteiger partial charge in [-0.1, -0.05) is 44.2 Å². The number of nitrogens with two attached hydrogens (primary N) is 1. The lowest BCUT2D eigenvalue weighted by Gasteiger charge is -2.32. The maximum Gasteiger partial charge on any atom is 0.323 e. The quantitative estimate of drug-likeness (QED) is 0.283. The molecule has 0 bridgehead atoms. The maximum absolute atomic E-state index is 12.7. The van der Waals surface area contributed by atoms with Gasteiger partial charge in [0.2, 0.25) is 0 Å². The largest absolute Gasteiger partial charge is 0.488 e. The van der Waals surface area contributed by atoms with Crippen molar-refractivity contribution in [1.29, 1.82) is 5.26 Å². The molecule has 0 aliphatic heterocycles. The van der Waals surface area contributed by atoms with E-state index in [0.717, 1.165) is 24.8 Å². The van der Waals surface area contributed by atoms with E-state index in [9.17, 15) is 14.9 Å². The number of carbonyl (C=O) groups excluding carboxylic acids is 1. The zero-order chi connectivity index (χ0) is 28.6. The molecule has 2 aromatic rings. The van der Waals surface area contributed by atoms with Gasteiger partial charge in [-0.3, -0.25) is 9.59 Å². The van der Waals surface area contributed by atoms with Crippen molar-refractivity contribution in [2.24, 2.45) is 17.6 Å². The van der Waals surface area contributed by atoms with Crippen LogP contribution < -0.4 is 15.8 Å². The minimum absolute atomic E-state index is 0. The molecule has 0 amide bonds. The molecule has 0 unspecified atom stereocenters. The number of nitrogens with one attached hydrogen (secondary N) is 1. The lowest BCUT2D eigenvalue weighted by Crippen LogP contribution is -2.48. The molecule has 0 fully saturated rings. The summed E-state index contributed by atoms with van der Waals surface area (Å²) in [6.07, 6.45) is 2.72. The van der Waals surface area contributed by atoms with E-state index in [0.29, 0.717) is 30.2 Å². The summed E-state index contributed by atoms with van der Waals surface area (Å²) in [5, 5.41) is 22.1. The Balaban J connectivity index is 0.00000560. The molecule has 0 saturated heterocycles. The highest BCUT2D eigenvalue weighted by molar-refractivity contribution is 5.85. The number of hydrogen-bond acceptors (Lipinski definition) is 7. The molecule has 0 heterocycles. The number of ether oxygens (including phenoxy) is 2. The van der Waals surface area contributed by atoms with Gasteiger partial charge in [-0.15, -0.1) is 12.4 Å². The minimum Gasteiger partial charge on any atom is -0.488 e. The second-order valence-corrected chi connectivity index (χ2v) is 11.5. The molecule has 2 aromatic carbocycles. The Morgan fingerprint density at radius 2 is 1.82 bits per heavy atom. The van der Waals surface area contributed by atoms with Crippen LogP contribution in [0.5, 0.6) is 5.75 Å². The van der Waals surface area contributed by atoms with E-state index in [1.807, 2.05) is 13.8 Å². The highest BCUT2D eigenvalue weighted by Gasteiger charge is 2.30. The summed E-state index contributed by atoms with van der Waals surface area (Å²) in [6.45, 7) is 8.39. The Labute approximate surface area is 243 Å². The average Bonchev–Trinajstić information content (AvgIpc) is 3.29. The van der Waals surface area contributed by atoms with Crippen molar-refractivity contribution in [2.45, 2.75) is 77.5 Å². The van der Waals surface area contributed by atoms with Gasteiger partial charge in [0.15, 0.2) is 0 Å². The molecule has 1 aliphatic rings. The van der Waals surface area contributed by atoms with Crippen LogP contribution in [0, 0.1) is 23.2 Å². The fourth-order valence-electron chi connectivity index (χ4n) is 5.00. The van der Waals surface area contributed by atoms with Crippen molar-refractivity contribution in [3.8, 4) is 11.8 Å². The number of nitriles is 1. The third-order valence-electron chi connectivity index (χ3n) is 7.23. The average molecular weight is 572 g/mol. The van der Waals surface area contributed by atoms with Gasteiger partial charge in [0.05, 0.1) is 5.56 Å². The van der Waals surface area contributed by atoms with Crippen LogP contribution in [-0.4, -0.2) is 47.9 Å². The fourth-order valence-corrected chi connectivity index (χ4v) is 5.00. The molecule has 40 heavy (non-hydrogen) atoms. The number of rotatable bonds is 14. The number of hydrogen-bond donors (Lipinski definition) is 3. The van der Waals surface area contributed by atoms with Crippen LogP contribution in [-0.2, 0) is 33.6 Å². The van der Waals surface area contributed by atoms with E-state index < -0.39 is 24.1 Å². The molecule has 4 N–H and O–H groups in total. The molecule has 9 heteroatoms. The molecule has 3 rings (SSSR count). The molecule has 0 radical (unpaired) electrons. The van der Waals surface area contributed by atoms with Crippen LogP contribution in [0.3, 0.4) is 0 Å². The molecular formula is C31H42ClN3O5. The number of aryl methyl sites for hydroxylation is 1. The summed E-state index contributed by atoms with van der Waals surface area (Å²) in [7, 11) is 0. The van der Waals surface area contributed by atoms with E-state index in [1.165, 1.54) is 11.1 Å². The van der Waals surface area contributed by atoms with Gasteiger partial charge in [-0.05, 0) is 80.2 Å². The van der Waals surface area contributed by atoms with Crippen molar-refractivity contribution in [2.75, 3.05) is 13.2 Å². The first-order valence-corrected chi connectivity index (χ1v) is 13.6. The molecular weight excluding hydrogens is 530 g/mol. The van der Waals surface area contributed by atoms with Crippen LogP contribution in [0.4, 0.5) is 0 Å². The standard InChI is InChI=1S/C31H41N3O5.ClH/c1-20(2)29(33)30(37)39-26(19-38-27-15-21(10-12-28(35)36)9-11-25(27)17-32)18-34-31(3,4)16-22-13-23-7-5-6-8-24(23)14-22;/h5-9,11,15,20,22,26,29,34H,10,12-14,16,18-19,33H2,1-4H3,(H,35,36);1H/t26-,29-;/m1./s1. The van der Waals surface area contributed by atoms with Gasteiger partial charge in [0.1, 0.15) is 30.6 Å². The van der Waals surface area contributed by atoms with Crippen molar-refractivity contribution in [3.05, 3.63) is 64.7 Å². The molecule has 1 aliphatic carbocycles. The first kappa shape index (κ1) is 33.1. The minimum atomic E-state index is -0.898. The first-order chi connectivity index (χ1) is 18.5. The highest BCUT2D eigenvalue weighted by atomic mass is 35.5. The summed E-state index contributed by atoms with van der Waals surface area (Å²) in [5.41, 5.74) is 9.74. The monoisotopic (exact) mass is 571 g/mol. The van der Waals surface area contributed by atoms with Gasteiger partial charge in [-0.25, -0.2) is 0 Å². The predicted molar refractivity (Wildman–Crippen MR) is 157 cm³/mol. The van der Waals surface area contributed by atoms with E-state index in [2.05, 4.69) is 49.5 Å². The molecule has 0 saturated carbocycles. The summed E-state index contributed by atoms with van der Waals surface area (Å²) < 4.78 is 11.8. The topological polar surface area (TPSA) is 135 Å². The SMILES string of the molecule is CC(C)[C@@H](N)C(=O)O[C@H](CNC(C)(C)CC1Cc2ccccc2C1)COc1cc(CCC(=O)O)ccc1C#N.Cl. The molecule has 2 atom stereocenters. The van der Waals surface area contributed by atoms with Gasteiger partial charge < -0.3 is 25.6 Å². The lowest BCUT2D eigenvalue weighted by molar-refractivity contribution is -0.153. The number of esters is 1. The molecule has 218 valence electrons. The Kier molecular flexibility index (Phi) is 12.4. The molecule has 0 aromatic heterocycles. The van der Waals surface area contributed by atoms with E-state index in [-0.39, 0.29) is 36.9 Å². The van der Waals surface area contributed by atoms with Gasteiger partial charge in [0, 0.05) is 18.5 Å². The predicted octanol–water partition coefficient (Wildman–Crippen LogP) is 4.44. The number of carboxylic acids is 1. The first-order valence-electron chi connectivity index (χ1n) is 13.6. The lowest BCUT2D eigenvalue weighted by atomic mass is 9.88. The smallest absolute Gasteiger partial charge is 0.323 e. The van der Waals surface area contributed by atoms with Crippen molar-refractivity contribution >= 4 is 24.3 Å². The maximum atomic E-state index is 12.7. The Morgan fingerprint density at radius 1 is 1.18 bits per heavy atom. The summed E-state index contributed by atoms with van der Waals surface area (Å²) in [6, 6.07) is 14.9. The van der Waals surface area contributed by atoms with Crippen LogP contribution in [0.25, 0.3) is 0 Å². The number of carbonyl (C=O) groups is 2. The number of nitrogens with zero attached hydrogens (tertiary/aromatic N) is 1. The van der Waals surface area contributed by atoms with Crippen LogP contribution in [0.1, 0.15) is 62.8 Å². The Morgan fingerprint density at radius 3 is 2.40 bits per heavy atom. The van der Waals surface area contributed by atoms with Crippen molar-refractivity contribution in [1.82, 2.24) is 5.32 Å². The molecule has 8 nitrogen and oxygen atoms in total. The Bertz CT molecular complexity index is 1170. The van der Waals surface area contributed by atoms with Gasteiger partial charge in [-0.2, -0.15) is 5.26 Å². The third kappa shape index (κ3) is 9.81. The number of fused-ring (bicyclic) bond motifs is 1. The highest BCUT2D eigenvalue weighted by Crippen LogP contribution is 2.32. The third-order valence-corrected chi connectivity index (χ3v) is 7.23. The van der Waals surface area contributed by atoms with Crippen LogP contribution in [0.2, 0.25) is 0 Å². The molecule has 0 spiro atoms.